The maximum atomic E-state index is 13.1. The first kappa shape index (κ1) is 24.2. The van der Waals surface area contributed by atoms with Gasteiger partial charge in [-0.2, -0.15) is 12.7 Å². The van der Waals surface area contributed by atoms with Crippen LogP contribution in [0.2, 0.25) is 0 Å². The Kier molecular flexibility index (Phi) is 6.92. The van der Waals surface area contributed by atoms with Crippen molar-refractivity contribution in [1.29, 1.82) is 0 Å². The summed E-state index contributed by atoms with van der Waals surface area (Å²) in [5, 5.41) is 0. The van der Waals surface area contributed by atoms with Gasteiger partial charge in [-0.15, -0.1) is 0 Å². The third kappa shape index (κ3) is 4.94. The van der Waals surface area contributed by atoms with E-state index >= 15 is 0 Å². The number of carbonyl (C=O) groups is 2. The van der Waals surface area contributed by atoms with Gasteiger partial charge in [0.05, 0.1) is 18.7 Å². The average molecular weight is 488 g/mol. The van der Waals surface area contributed by atoms with E-state index in [1.54, 1.807) is 17.0 Å². The van der Waals surface area contributed by atoms with E-state index in [2.05, 4.69) is 4.72 Å². The molecule has 1 amide bonds. The quantitative estimate of drug-likeness (QED) is 0.628. The van der Waals surface area contributed by atoms with Crippen molar-refractivity contribution in [3.63, 3.8) is 0 Å². The van der Waals surface area contributed by atoms with Gasteiger partial charge in [-0.1, -0.05) is 42.5 Å². The van der Waals surface area contributed by atoms with Crippen molar-refractivity contribution in [2.75, 3.05) is 33.8 Å². The minimum Gasteiger partial charge on any atom is -0.465 e. The number of carbonyl (C=O) groups excluding carboxylic acids is 2. The lowest BCUT2D eigenvalue weighted by Gasteiger charge is -2.55. The second kappa shape index (κ2) is 9.73. The second-order valence-corrected chi connectivity index (χ2v) is 10.7. The second-order valence-electron chi connectivity index (χ2n) is 8.79. The fourth-order valence-electron chi connectivity index (χ4n) is 4.70. The zero-order valence-corrected chi connectivity index (χ0v) is 20.1. The van der Waals surface area contributed by atoms with E-state index in [0.717, 1.165) is 11.1 Å². The van der Waals surface area contributed by atoms with Crippen LogP contribution in [0.3, 0.4) is 0 Å². The van der Waals surface area contributed by atoms with E-state index < -0.39 is 22.3 Å². The molecule has 2 saturated heterocycles. The molecule has 0 aromatic heterocycles. The highest BCUT2D eigenvalue weighted by Crippen LogP contribution is 2.48. The highest BCUT2D eigenvalue weighted by Gasteiger charge is 2.52. The first-order chi connectivity index (χ1) is 16.3. The van der Waals surface area contributed by atoms with Crippen molar-refractivity contribution in [2.45, 2.75) is 25.5 Å². The van der Waals surface area contributed by atoms with E-state index in [9.17, 15) is 18.0 Å². The van der Waals surface area contributed by atoms with Crippen molar-refractivity contribution < 1.29 is 27.5 Å². The van der Waals surface area contributed by atoms with E-state index in [0.29, 0.717) is 38.0 Å². The molecular formula is C24H29N3O6S. The fourth-order valence-corrected chi connectivity index (χ4v) is 5.85. The molecule has 2 fully saturated rings. The summed E-state index contributed by atoms with van der Waals surface area (Å²) in [7, 11) is -0.753. The molecule has 4 rings (SSSR count). The number of nitrogens with zero attached hydrogens (tertiary/aromatic N) is 2. The topological polar surface area (TPSA) is 105 Å². The van der Waals surface area contributed by atoms with Crippen LogP contribution in [0.15, 0.2) is 54.6 Å². The van der Waals surface area contributed by atoms with Crippen molar-refractivity contribution in [2.24, 2.45) is 5.41 Å². The number of piperidine rings is 1. The Labute approximate surface area is 199 Å². The average Bonchev–Trinajstić information content (AvgIpc) is 2.85. The molecule has 1 atom stereocenters. The predicted molar refractivity (Wildman–Crippen MR) is 125 cm³/mol. The number of esters is 1. The van der Waals surface area contributed by atoms with Crippen LogP contribution in [-0.2, 0) is 26.3 Å². The molecule has 0 bridgehead atoms. The molecule has 2 aromatic rings. The number of hydrogen-bond acceptors (Lipinski definition) is 6. The predicted octanol–water partition coefficient (Wildman–Crippen LogP) is 2.71. The van der Waals surface area contributed by atoms with Gasteiger partial charge < -0.3 is 14.4 Å². The third-order valence-corrected chi connectivity index (χ3v) is 8.12. The van der Waals surface area contributed by atoms with Crippen molar-refractivity contribution in [1.82, 2.24) is 13.9 Å². The maximum Gasteiger partial charge on any atom is 0.410 e. The molecule has 10 heteroatoms. The van der Waals surface area contributed by atoms with Gasteiger partial charge >= 0.3 is 12.1 Å². The molecule has 9 nitrogen and oxygen atoms in total. The lowest BCUT2D eigenvalue weighted by molar-refractivity contribution is -0.0298. The Morgan fingerprint density at radius 1 is 1.09 bits per heavy atom. The Morgan fingerprint density at radius 3 is 2.38 bits per heavy atom. The number of likely N-dealkylation sites (tertiary alicyclic amines) is 1. The largest absolute Gasteiger partial charge is 0.465 e. The Morgan fingerprint density at radius 2 is 1.76 bits per heavy atom. The minimum absolute atomic E-state index is 0.170. The number of nitrogens with one attached hydrogen (secondary N) is 1. The molecule has 34 heavy (non-hydrogen) atoms. The van der Waals surface area contributed by atoms with Crippen LogP contribution in [0.4, 0.5) is 4.79 Å². The van der Waals surface area contributed by atoms with Gasteiger partial charge in [0.15, 0.2) is 0 Å². The summed E-state index contributed by atoms with van der Waals surface area (Å²) < 4.78 is 38.5. The maximum absolute atomic E-state index is 13.1. The zero-order chi connectivity index (χ0) is 24.3. The lowest BCUT2D eigenvalue weighted by Crippen LogP contribution is -2.64. The minimum atomic E-state index is -3.48. The van der Waals surface area contributed by atoms with Crippen LogP contribution >= 0.6 is 0 Å². The van der Waals surface area contributed by atoms with Crippen LogP contribution in [0.5, 0.6) is 0 Å². The SMILES string of the molecule is CNS(=O)(=O)N1CC2(CCN(C(=O)OCc3ccccc3)C(c3ccc(C(=O)OC)cc3)C2)C1. The van der Waals surface area contributed by atoms with Crippen LogP contribution in [0.25, 0.3) is 0 Å². The van der Waals surface area contributed by atoms with Gasteiger partial charge in [-0.25, -0.2) is 14.3 Å². The summed E-state index contributed by atoms with van der Waals surface area (Å²) in [5.74, 6) is -0.433. The molecule has 2 aliphatic heterocycles. The Balaban J connectivity index is 1.53. The summed E-state index contributed by atoms with van der Waals surface area (Å²) in [4.78, 5) is 26.6. The number of ether oxygens (including phenoxy) is 2. The summed E-state index contributed by atoms with van der Waals surface area (Å²) >= 11 is 0. The summed E-state index contributed by atoms with van der Waals surface area (Å²) in [6.07, 6.45) is 0.862. The first-order valence-electron chi connectivity index (χ1n) is 11.1. The van der Waals surface area contributed by atoms with Gasteiger partial charge in [0.25, 0.3) is 10.2 Å². The van der Waals surface area contributed by atoms with Crippen LogP contribution in [0, 0.1) is 5.41 Å². The number of benzene rings is 2. The molecule has 2 aliphatic rings. The molecule has 0 saturated carbocycles. The van der Waals surface area contributed by atoms with Gasteiger partial charge in [0.1, 0.15) is 6.61 Å². The van der Waals surface area contributed by atoms with E-state index in [-0.39, 0.29) is 18.1 Å². The van der Waals surface area contributed by atoms with Crippen molar-refractivity contribution in [3.8, 4) is 0 Å². The van der Waals surface area contributed by atoms with Crippen LogP contribution in [-0.4, -0.2) is 63.5 Å². The molecule has 0 aliphatic carbocycles. The Bertz CT molecular complexity index is 1130. The summed E-state index contributed by atoms with van der Waals surface area (Å²) in [6.45, 7) is 1.42. The highest BCUT2D eigenvalue weighted by molar-refractivity contribution is 7.87. The van der Waals surface area contributed by atoms with Gasteiger partial charge in [-0.3, -0.25) is 0 Å². The standard InChI is InChI=1S/C24H29N3O6S/c1-25-34(30,31)26-16-24(17-26)12-13-27(23(29)33-15-18-6-4-3-5-7-18)21(14-24)19-8-10-20(11-9-19)22(28)32-2/h3-11,21,25H,12-17H2,1-2H3. The smallest absolute Gasteiger partial charge is 0.410 e. The summed E-state index contributed by atoms with van der Waals surface area (Å²) in [6, 6.07) is 16.1. The first-order valence-corrected chi connectivity index (χ1v) is 12.6. The van der Waals surface area contributed by atoms with Gasteiger partial charge in [0, 0.05) is 32.1 Å². The number of rotatable bonds is 6. The summed E-state index contributed by atoms with van der Waals surface area (Å²) in [5.41, 5.74) is 1.96. The monoisotopic (exact) mass is 487 g/mol. The molecule has 1 spiro atoms. The van der Waals surface area contributed by atoms with E-state index in [1.165, 1.54) is 18.5 Å². The molecule has 2 aromatic carbocycles. The number of hydrogen-bond donors (Lipinski definition) is 1. The number of amides is 1. The van der Waals surface area contributed by atoms with Crippen LogP contribution in [0.1, 0.15) is 40.4 Å². The fraction of sp³-hybridized carbons (Fsp3) is 0.417. The molecular weight excluding hydrogens is 458 g/mol. The molecule has 1 unspecified atom stereocenters. The highest BCUT2D eigenvalue weighted by atomic mass is 32.2. The zero-order valence-electron chi connectivity index (χ0n) is 19.3. The lowest BCUT2D eigenvalue weighted by atomic mass is 9.69. The van der Waals surface area contributed by atoms with E-state index in [1.807, 2.05) is 42.5 Å². The van der Waals surface area contributed by atoms with Crippen molar-refractivity contribution in [3.05, 3.63) is 71.3 Å². The molecule has 182 valence electrons. The molecule has 0 radical (unpaired) electrons. The van der Waals surface area contributed by atoms with Gasteiger partial charge in [-0.05, 0) is 36.1 Å². The van der Waals surface area contributed by atoms with Crippen molar-refractivity contribution >= 4 is 22.3 Å². The van der Waals surface area contributed by atoms with Crippen LogP contribution < -0.4 is 4.72 Å². The molecule has 1 N–H and O–H groups in total. The van der Waals surface area contributed by atoms with E-state index in [4.69, 9.17) is 9.47 Å². The third-order valence-electron chi connectivity index (χ3n) is 6.66. The van der Waals surface area contributed by atoms with Gasteiger partial charge in [0.2, 0.25) is 0 Å². The Hall–Kier alpha value is -2.95. The number of methoxy groups -OCH3 is 1. The molecule has 2 heterocycles. The normalized spacial score (nSPS) is 19.9.